The molecule has 0 saturated carbocycles. The van der Waals surface area contributed by atoms with E-state index in [-0.39, 0.29) is 35.8 Å². The van der Waals surface area contributed by atoms with Crippen molar-refractivity contribution in [3.05, 3.63) is 89.2 Å². The predicted octanol–water partition coefficient (Wildman–Crippen LogP) is 5.14. The van der Waals surface area contributed by atoms with Crippen molar-refractivity contribution in [2.24, 2.45) is 0 Å². The van der Waals surface area contributed by atoms with Gasteiger partial charge < -0.3 is 20.7 Å². The Balaban J connectivity index is 1.56. The summed E-state index contributed by atoms with van der Waals surface area (Å²) in [6.45, 7) is 6.46. The number of carbonyl (C=O) groups excluding carboxylic acids is 3. The fourth-order valence-electron chi connectivity index (χ4n) is 3.44. The van der Waals surface area contributed by atoms with Crippen LogP contribution in [0.4, 0.5) is 15.8 Å². The zero-order valence-electron chi connectivity index (χ0n) is 20.8. The highest BCUT2D eigenvalue weighted by molar-refractivity contribution is 6.05. The van der Waals surface area contributed by atoms with Gasteiger partial charge in [-0.3, -0.25) is 14.4 Å². The molecule has 0 atom stereocenters. The summed E-state index contributed by atoms with van der Waals surface area (Å²) in [6, 6.07) is 17.5. The van der Waals surface area contributed by atoms with Crippen LogP contribution in [0, 0.1) is 5.82 Å². The maximum Gasteiger partial charge on any atom is 0.255 e. The third-order valence-corrected chi connectivity index (χ3v) is 5.47. The molecule has 3 rings (SSSR count). The van der Waals surface area contributed by atoms with Crippen LogP contribution < -0.4 is 20.7 Å². The summed E-state index contributed by atoms with van der Waals surface area (Å²) in [7, 11) is 1.45. The van der Waals surface area contributed by atoms with Crippen molar-refractivity contribution >= 4 is 29.1 Å². The first-order valence-corrected chi connectivity index (χ1v) is 11.5. The Bertz CT molecular complexity index is 1250. The number of rotatable bonds is 8. The highest BCUT2D eigenvalue weighted by atomic mass is 19.1. The molecule has 0 fully saturated rings. The quantitative estimate of drug-likeness (QED) is 0.406. The molecular weight excluding hydrogens is 461 g/mol. The average Bonchev–Trinajstić information content (AvgIpc) is 2.83. The topological polar surface area (TPSA) is 96.5 Å². The van der Waals surface area contributed by atoms with Crippen LogP contribution in [-0.4, -0.2) is 31.4 Å². The summed E-state index contributed by atoms with van der Waals surface area (Å²) in [4.78, 5) is 37.3. The first-order valence-electron chi connectivity index (χ1n) is 11.5. The van der Waals surface area contributed by atoms with Crippen molar-refractivity contribution in [3.8, 4) is 5.75 Å². The van der Waals surface area contributed by atoms with Crippen LogP contribution in [0.2, 0.25) is 0 Å². The van der Waals surface area contributed by atoms with Gasteiger partial charge in [-0.05, 0) is 59.5 Å². The maximum absolute atomic E-state index is 13.4. The van der Waals surface area contributed by atoms with Crippen LogP contribution in [0.5, 0.6) is 5.75 Å². The number of carbonyl (C=O) groups is 3. The minimum Gasteiger partial charge on any atom is -0.495 e. The minimum absolute atomic E-state index is 0.00328. The molecule has 0 spiro atoms. The second kappa shape index (κ2) is 11.5. The van der Waals surface area contributed by atoms with Crippen LogP contribution >= 0.6 is 0 Å². The van der Waals surface area contributed by atoms with Gasteiger partial charge in [0.05, 0.1) is 12.8 Å². The number of halogens is 1. The Labute approximate surface area is 210 Å². The highest BCUT2D eigenvalue weighted by Gasteiger charge is 2.15. The standard InChI is InChI=1S/C28H30FN3O4/c1-28(2,3)20-10-8-18(9-11-20)26(34)30-15-14-25(33)31-22-12-13-24(36-4)23(17-22)32-27(35)19-6-5-7-21(29)16-19/h5-13,16-17H,14-15H2,1-4H3,(H,30,34)(H,31,33)(H,32,35). The molecule has 0 heterocycles. The largest absolute Gasteiger partial charge is 0.495 e. The summed E-state index contributed by atoms with van der Waals surface area (Å²) in [5.41, 5.74) is 2.55. The predicted molar refractivity (Wildman–Crippen MR) is 138 cm³/mol. The molecule has 0 aliphatic heterocycles. The molecule has 0 saturated heterocycles. The lowest BCUT2D eigenvalue weighted by Crippen LogP contribution is -2.27. The van der Waals surface area contributed by atoms with Gasteiger partial charge in [0.1, 0.15) is 11.6 Å². The zero-order chi connectivity index (χ0) is 26.3. The smallest absolute Gasteiger partial charge is 0.255 e. The summed E-state index contributed by atoms with van der Waals surface area (Å²) < 4.78 is 18.7. The number of benzene rings is 3. The van der Waals surface area contributed by atoms with E-state index in [1.54, 1.807) is 30.3 Å². The number of amides is 3. The Morgan fingerprint density at radius 1 is 0.861 bits per heavy atom. The monoisotopic (exact) mass is 491 g/mol. The number of hydrogen-bond donors (Lipinski definition) is 3. The third kappa shape index (κ3) is 7.15. The van der Waals surface area contributed by atoms with Crippen LogP contribution in [0.25, 0.3) is 0 Å². The molecule has 8 heteroatoms. The van der Waals surface area contributed by atoms with Crippen molar-refractivity contribution in [3.63, 3.8) is 0 Å². The lowest BCUT2D eigenvalue weighted by molar-refractivity contribution is -0.116. The lowest BCUT2D eigenvalue weighted by atomic mass is 9.87. The molecule has 0 aliphatic rings. The van der Waals surface area contributed by atoms with Crippen molar-refractivity contribution in [1.29, 1.82) is 0 Å². The van der Waals surface area contributed by atoms with Gasteiger partial charge >= 0.3 is 0 Å². The van der Waals surface area contributed by atoms with E-state index in [4.69, 9.17) is 4.74 Å². The highest BCUT2D eigenvalue weighted by Crippen LogP contribution is 2.28. The Morgan fingerprint density at radius 3 is 2.22 bits per heavy atom. The van der Waals surface area contributed by atoms with Gasteiger partial charge in [0.2, 0.25) is 5.91 Å². The van der Waals surface area contributed by atoms with Gasteiger partial charge in [-0.2, -0.15) is 0 Å². The number of ether oxygens (including phenoxy) is 1. The molecule has 36 heavy (non-hydrogen) atoms. The minimum atomic E-state index is -0.523. The van der Waals surface area contributed by atoms with E-state index >= 15 is 0 Å². The Morgan fingerprint density at radius 2 is 1.58 bits per heavy atom. The molecule has 0 aromatic heterocycles. The van der Waals surface area contributed by atoms with E-state index in [2.05, 4.69) is 36.7 Å². The molecule has 188 valence electrons. The summed E-state index contributed by atoms with van der Waals surface area (Å²) in [5, 5.41) is 8.15. The van der Waals surface area contributed by atoms with Gasteiger partial charge in [-0.25, -0.2) is 4.39 Å². The molecule has 7 nitrogen and oxygen atoms in total. The second-order valence-electron chi connectivity index (χ2n) is 9.26. The second-order valence-corrected chi connectivity index (χ2v) is 9.26. The number of hydrogen-bond acceptors (Lipinski definition) is 4. The first kappa shape index (κ1) is 26.4. The lowest BCUT2D eigenvalue weighted by Gasteiger charge is -2.19. The Kier molecular flexibility index (Phi) is 8.42. The van der Waals surface area contributed by atoms with E-state index in [9.17, 15) is 18.8 Å². The van der Waals surface area contributed by atoms with E-state index in [0.29, 0.717) is 22.7 Å². The van der Waals surface area contributed by atoms with Crippen LogP contribution in [0.1, 0.15) is 53.5 Å². The summed E-state index contributed by atoms with van der Waals surface area (Å²) in [6.07, 6.45) is 0.0584. The van der Waals surface area contributed by atoms with Gasteiger partial charge in [-0.15, -0.1) is 0 Å². The fourth-order valence-corrected chi connectivity index (χ4v) is 3.44. The van der Waals surface area contributed by atoms with Gasteiger partial charge in [0.15, 0.2) is 0 Å². The molecule has 0 radical (unpaired) electrons. The summed E-state index contributed by atoms with van der Waals surface area (Å²) in [5.74, 6) is -1.23. The molecule has 0 aliphatic carbocycles. The van der Waals surface area contributed by atoms with E-state index in [1.165, 1.54) is 25.3 Å². The van der Waals surface area contributed by atoms with Crippen LogP contribution in [-0.2, 0) is 10.2 Å². The van der Waals surface area contributed by atoms with Crippen molar-refractivity contribution in [2.45, 2.75) is 32.6 Å². The molecule has 3 amide bonds. The number of anilines is 2. The molecule has 3 N–H and O–H groups in total. The molecule has 3 aromatic carbocycles. The normalized spacial score (nSPS) is 10.9. The number of nitrogens with one attached hydrogen (secondary N) is 3. The Hall–Kier alpha value is -4.20. The van der Waals surface area contributed by atoms with E-state index < -0.39 is 11.7 Å². The van der Waals surface area contributed by atoms with Crippen molar-refractivity contribution < 1.29 is 23.5 Å². The SMILES string of the molecule is COc1ccc(NC(=O)CCNC(=O)c2ccc(C(C)(C)C)cc2)cc1NC(=O)c1cccc(F)c1. The fraction of sp³-hybridized carbons (Fsp3) is 0.250. The first-order chi connectivity index (χ1) is 17.1. The molecular formula is C28H30FN3O4. The van der Waals surface area contributed by atoms with Gasteiger partial charge in [0, 0.05) is 29.8 Å². The van der Waals surface area contributed by atoms with E-state index in [1.807, 2.05) is 12.1 Å². The average molecular weight is 492 g/mol. The molecule has 0 bridgehead atoms. The van der Waals surface area contributed by atoms with Gasteiger partial charge in [0.25, 0.3) is 11.8 Å². The van der Waals surface area contributed by atoms with E-state index in [0.717, 1.165) is 11.6 Å². The van der Waals surface area contributed by atoms with Crippen molar-refractivity contribution in [2.75, 3.05) is 24.3 Å². The third-order valence-electron chi connectivity index (χ3n) is 5.47. The maximum atomic E-state index is 13.4. The van der Waals surface area contributed by atoms with Gasteiger partial charge in [-0.1, -0.05) is 39.0 Å². The number of methoxy groups -OCH3 is 1. The van der Waals surface area contributed by atoms with Crippen molar-refractivity contribution in [1.82, 2.24) is 5.32 Å². The molecule has 3 aromatic rings. The van der Waals surface area contributed by atoms with Crippen LogP contribution in [0.3, 0.4) is 0 Å². The zero-order valence-corrected chi connectivity index (χ0v) is 20.8. The molecule has 0 unspecified atom stereocenters. The summed E-state index contributed by atoms with van der Waals surface area (Å²) >= 11 is 0. The van der Waals surface area contributed by atoms with Crippen LogP contribution in [0.15, 0.2) is 66.7 Å².